The zero-order valence-corrected chi connectivity index (χ0v) is 14.3. The number of aryl methyl sites for hydroxylation is 1. The van der Waals surface area contributed by atoms with Gasteiger partial charge in [0.2, 0.25) is 0 Å². The molecule has 2 N–H and O–H groups in total. The van der Waals surface area contributed by atoms with E-state index in [4.69, 9.17) is 9.63 Å². The van der Waals surface area contributed by atoms with E-state index in [2.05, 4.69) is 15.5 Å². The Kier molecular flexibility index (Phi) is 5.56. The first kappa shape index (κ1) is 17.6. The molecular weight excluding hydrogens is 330 g/mol. The first-order chi connectivity index (χ1) is 12.7. The van der Waals surface area contributed by atoms with Crippen LogP contribution in [-0.4, -0.2) is 34.3 Å². The number of carbonyl (C=O) groups is 1. The first-order valence-electron chi connectivity index (χ1n) is 8.24. The van der Waals surface area contributed by atoms with Gasteiger partial charge in [0, 0.05) is 23.9 Å². The van der Waals surface area contributed by atoms with Gasteiger partial charge in [0.25, 0.3) is 5.91 Å². The third-order valence-electron chi connectivity index (χ3n) is 3.82. The van der Waals surface area contributed by atoms with Gasteiger partial charge in [-0.2, -0.15) is 0 Å². The topological polar surface area (TPSA) is 88.2 Å². The molecule has 0 saturated carbocycles. The van der Waals surface area contributed by atoms with E-state index >= 15 is 0 Å². The third kappa shape index (κ3) is 4.04. The van der Waals surface area contributed by atoms with Gasteiger partial charge in [-0.25, -0.2) is 0 Å². The summed E-state index contributed by atoms with van der Waals surface area (Å²) in [6, 6.07) is 13.3. The van der Waals surface area contributed by atoms with E-state index in [0.29, 0.717) is 11.3 Å². The number of nitrogens with one attached hydrogen (secondary N) is 1. The van der Waals surface area contributed by atoms with Crippen molar-refractivity contribution in [3.05, 3.63) is 71.2 Å². The number of aromatic nitrogens is 2. The van der Waals surface area contributed by atoms with E-state index in [0.717, 1.165) is 22.6 Å². The fourth-order valence-electron chi connectivity index (χ4n) is 2.46. The second-order valence-electron chi connectivity index (χ2n) is 5.65. The number of amides is 1. The van der Waals surface area contributed by atoms with Gasteiger partial charge < -0.3 is 14.9 Å². The fraction of sp³-hybridized carbons (Fsp3) is 0.150. The van der Waals surface area contributed by atoms with Crippen molar-refractivity contribution in [1.29, 1.82) is 0 Å². The van der Waals surface area contributed by atoms with Crippen molar-refractivity contribution in [2.24, 2.45) is 0 Å². The van der Waals surface area contributed by atoms with Crippen LogP contribution in [0.4, 0.5) is 0 Å². The minimum Gasteiger partial charge on any atom is -0.395 e. The van der Waals surface area contributed by atoms with Crippen molar-refractivity contribution in [2.45, 2.75) is 6.92 Å². The number of rotatable bonds is 6. The summed E-state index contributed by atoms with van der Waals surface area (Å²) < 4.78 is 5.33. The minimum absolute atomic E-state index is 0.0954. The maximum absolute atomic E-state index is 11.8. The molecule has 0 radical (unpaired) electrons. The van der Waals surface area contributed by atoms with Gasteiger partial charge in [-0.05, 0) is 31.2 Å². The van der Waals surface area contributed by atoms with Gasteiger partial charge >= 0.3 is 0 Å². The zero-order valence-electron chi connectivity index (χ0n) is 14.3. The number of aliphatic hydroxyl groups is 1. The Labute approximate surface area is 151 Å². The van der Waals surface area contributed by atoms with Gasteiger partial charge in [0.15, 0.2) is 0 Å². The van der Waals surface area contributed by atoms with Crippen LogP contribution in [0.5, 0.6) is 0 Å². The number of hydrogen-bond acceptors (Lipinski definition) is 5. The third-order valence-corrected chi connectivity index (χ3v) is 3.82. The maximum Gasteiger partial charge on any atom is 0.252 e. The summed E-state index contributed by atoms with van der Waals surface area (Å²) in [4.78, 5) is 16.1. The van der Waals surface area contributed by atoms with Crippen molar-refractivity contribution in [3.63, 3.8) is 0 Å². The van der Waals surface area contributed by atoms with Crippen LogP contribution >= 0.6 is 0 Å². The van der Waals surface area contributed by atoms with Crippen molar-refractivity contribution in [1.82, 2.24) is 15.5 Å². The number of carbonyl (C=O) groups excluding carboxylic acids is 1. The van der Waals surface area contributed by atoms with Gasteiger partial charge in [0.05, 0.1) is 17.9 Å². The zero-order chi connectivity index (χ0) is 18.4. The van der Waals surface area contributed by atoms with Crippen LogP contribution in [0, 0.1) is 6.92 Å². The van der Waals surface area contributed by atoms with Crippen molar-refractivity contribution < 1.29 is 14.4 Å². The van der Waals surface area contributed by atoms with Crippen LogP contribution < -0.4 is 5.32 Å². The Bertz CT molecular complexity index is 900. The molecule has 0 aliphatic rings. The number of aliphatic hydroxyl groups excluding tert-OH is 1. The molecule has 0 bridgehead atoms. The van der Waals surface area contributed by atoms with Crippen molar-refractivity contribution in [2.75, 3.05) is 13.2 Å². The highest BCUT2D eigenvalue weighted by molar-refractivity contribution is 5.94. The Balaban J connectivity index is 1.79. The van der Waals surface area contributed by atoms with E-state index in [9.17, 15) is 4.79 Å². The van der Waals surface area contributed by atoms with E-state index in [1.54, 1.807) is 12.1 Å². The summed E-state index contributed by atoms with van der Waals surface area (Å²) in [7, 11) is 0. The minimum atomic E-state index is -0.261. The standard InChI is InChI=1S/C20H19N3O3/c1-14-18(19(23-26-14)15-5-3-2-4-6-15)10-9-17-8-7-16(13-22-17)20(25)21-11-12-24/h2-10,13,24H,11-12H2,1H3,(H,21,25). The maximum atomic E-state index is 11.8. The summed E-state index contributed by atoms with van der Waals surface area (Å²) in [5.74, 6) is 0.462. The molecule has 6 nitrogen and oxygen atoms in total. The SMILES string of the molecule is Cc1onc(-c2ccccc2)c1C=Cc1ccc(C(=O)NCCO)cn1. The number of nitrogens with zero attached hydrogens (tertiary/aromatic N) is 2. The molecular formula is C20H19N3O3. The van der Waals surface area contributed by atoms with Crippen LogP contribution in [-0.2, 0) is 0 Å². The molecule has 0 spiro atoms. The Morgan fingerprint density at radius 2 is 2.00 bits per heavy atom. The average Bonchev–Trinajstić information content (AvgIpc) is 3.06. The largest absolute Gasteiger partial charge is 0.395 e. The lowest BCUT2D eigenvalue weighted by Gasteiger charge is -2.02. The highest BCUT2D eigenvalue weighted by Crippen LogP contribution is 2.26. The normalized spacial score (nSPS) is 11.0. The monoisotopic (exact) mass is 349 g/mol. The van der Waals surface area contributed by atoms with Crippen LogP contribution in [0.25, 0.3) is 23.4 Å². The van der Waals surface area contributed by atoms with E-state index in [1.807, 2.05) is 49.4 Å². The van der Waals surface area contributed by atoms with Gasteiger partial charge in [-0.15, -0.1) is 0 Å². The average molecular weight is 349 g/mol. The van der Waals surface area contributed by atoms with E-state index < -0.39 is 0 Å². The Hall–Kier alpha value is -3.25. The molecule has 0 atom stereocenters. The lowest BCUT2D eigenvalue weighted by Crippen LogP contribution is -2.26. The van der Waals surface area contributed by atoms with Gasteiger partial charge in [-0.3, -0.25) is 9.78 Å². The van der Waals surface area contributed by atoms with Gasteiger partial charge in [-0.1, -0.05) is 35.5 Å². The molecule has 6 heteroatoms. The van der Waals surface area contributed by atoms with Crippen molar-refractivity contribution in [3.8, 4) is 11.3 Å². The van der Waals surface area contributed by atoms with Crippen LogP contribution in [0.15, 0.2) is 53.2 Å². The van der Waals surface area contributed by atoms with E-state index in [1.165, 1.54) is 6.20 Å². The highest BCUT2D eigenvalue weighted by Gasteiger charge is 2.12. The molecule has 2 aromatic heterocycles. The van der Waals surface area contributed by atoms with Crippen LogP contribution in [0.1, 0.15) is 27.4 Å². The predicted octanol–water partition coefficient (Wildman–Crippen LogP) is 2.94. The van der Waals surface area contributed by atoms with Crippen LogP contribution in [0.3, 0.4) is 0 Å². The molecule has 0 unspecified atom stereocenters. The molecule has 132 valence electrons. The van der Waals surface area contributed by atoms with Crippen molar-refractivity contribution >= 4 is 18.1 Å². The van der Waals surface area contributed by atoms with E-state index in [-0.39, 0.29) is 19.1 Å². The van der Waals surface area contributed by atoms with Gasteiger partial charge in [0.1, 0.15) is 11.5 Å². The number of benzene rings is 1. The molecule has 3 aromatic rings. The Morgan fingerprint density at radius 3 is 2.69 bits per heavy atom. The summed E-state index contributed by atoms with van der Waals surface area (Å²) in [6.45, 7) is 1.98. The summed E-state index contributed by atoms with van der Waals surface area (Å²) in [6.07, 6.45) is 5.26. The quantitative estimate of drug-likeness (QED) is 0.714. The molecule has 2 heterocycles. The molecule has 0 aliphatic heterocycles. The smallest absolute Gasteiger partial charge is 0.252 e. The second-order valence-corrected chi connectivity index (χ2v) is 5.65. The molecule has 0 aliphatic carbocycles. The molecule has 0 fully saturated rings. The molecule has 3 rings (SSSR count). The lowest BCUT2D eigenvalue weighted by molar-refractivity contribution is 0.0944. The first-order valence-corrected chi connectivity index (χ1v) is 8.24. The summed E-state index contributed by atoms with van der Waals surface area (Å²) in [5.41, 5.74) is 3.81. The summed E-state index contributed by atoms with van der Waals surface area (Å²) >= 11 is 0. The van der Waals surface area contributed by atoms with Crippen LogP contribution in [0.2, 0.25) is 0 Å². The molecule has 26 heavy (non-hydrogen) atoms. The fourth-order valence-corrected chi connectivity index (χ4v) is 2.46. The predicted molar refractivity (Wildman–Crippen MR) is 99.3 cm³/mol. The molecule has 1 aromatic carbocycles. The molecule has 1 amide bonds. The molecule has 0 saturated heterocycles. The highest BCUT2D eigenvalue weighted by atomic mass is 16.5. The Morgan fingerprint density at radius 1 is 1.19 bits per heavy atom. The second kappa shape index (κ2) is 8.22. The number of pyridine rings is 1. The lowest BCUT2D eigenvalue weighted by atomic mass is 10.1. The summed E-state index contributed by atoms with van der Waals surface area (Å²) in [5, 5.41) is 15.5. The number of hydrogen-bond donors (Lipinski definition) is 2.